The molecule has 0 aliphatic rings. The van der Waals surface area contributed by atoms with E-state index in [1.807, 2.05) is 18.2 Å². The van der Waals surface area contributed by atoms with E-state index >= 15 is 0 Å². The molecule has 0 radical (unpaired) electrons. The van der Waals surface area contributed by atoms with Gasteiger partial charge in [-0.3, -0.25) is 4.79 Å². The molecule has 0 aliphatic heterocycles. The van der Waals surface area contributed by atoms with Crippen LogP contribution in [0.15, 0.2) is 53.3 Å². The second kappa shape index (κ2) is 8.95. The number of hydrogen-bond acceptors (Lipinski definition) is 3. The van der Waals surface area contributed by atoms with Crippen molar-refractivity contribution >= 4 is 33.9 Å². The van der Waals surface area contributed by atoms with Gasteiger partial charge in [0.25, 0.3) is 5.56 Å². The number of rotatable bonds is 6. The highest BCUT2D eigenvalue weighted by Gasteiger charge is 2.13. The van der Waals surface area contributed by atoms with Crippen LogP contribution in [0.2, 0.25) is 0 Å². The number of aromatic amines is 1. The molecule has 146 valence electrons. The Morgan fingerprint density at radius 3 is 2.64 bits per heavy atom. The van der Waals surface area contributed by atoms with Crippen LogP contribution < -0.4 is 10.9 Å². The molecule has 0 fully saturated rings. The topological polar surface area (TPSA) is 68.4 Å². The number of nitrogens with zero attached hydrogens (tertiary/aromatic N) is 1. The summed E-state index contributed by atoms with van der Waals surface area (Å²) in [7, 11) is 0. The number of aryl methyl sites for hydroxylation is 1. The standard InChI is InChI=1S/C21H22FN3O2S/c1-2-14-3-8-19-15(11-14)12-16(20(27)24-19)13-25(9-10-26)21(28)23-18-6-4-17(22)5-7-18/h3-8,11-12,26H,2,9-10,13H2,1H3,(H,23,28)(H,24,27). The van der Waals surface area contributed by atoms with Gasteiger partial charge in [0.15, 0.2) is 5.11 Å². The fourth-order valence-electron chi connectivity index (χ4n) is 2.95. The van der Waals surface area contributed by atoms with Gasteiger partial charge in [-0.1, -0.05) is 13.0 Å². The van der Waals surface area contributed by atoms with Crippen LogP contribution in [0.3, 0.4) is 0 Å². The molecule has 0 spiro atoms. The smallest absolute Gasteiger partial charge is 0.253 e. The molecule has 0 amide bonds. The second-order valence-corrected chi connectivity index (χ2v) is 6.87. The fourth-order valence-corrected chi connectivity index (χ4v) is 3.23. The number of anilines is 1. The first-order valence-electron chi connectivity index (χ1n) is 9.07. The molecule has 0 unspecified atom stereocenters. The number of nitrogens with one attached hydrogen (secondary N) is 2. The number of hydrogen-bond donors (Lipinski definition) is 3. The summed E-state index contributed by atoms with van der Waals surface area (Å²) < 4.78 is 13.1. The third kappa shape index (κ3) is 4.74. The molecule has 0 saturated carbocycles. The summed E-state index contributed by atoms with van der Waals surface area (Å²) in [5.41, 5.74) is 2.97. The van der Waals surface area contributed by atoms with Crippen molar-refractivity contribution < 1.29 is 9.50 Å². The van der Waals surface area contributed by atoms with Crippen LogP contribution >= 0.6 is 12.2 Å². The Balaban J connectivity index is 1.84. The summed E-state index contributed by atoms with van der Waals surface area (Å²) in [4.78, 5) is 17.1. The zero-order valence-corrected chi connectivity index (χ0v) is 16.4. The SMILES string of the molecule is CCc1ccc2[nH]c(=O)c(CN(CCO)C(=S)Nc3ccc(F)cc3)cc2c1. The van der Waals surface area contributed by atoms with Crippen molar-refractivity contribution in [3.63, 3.8) is 0 Å². The van der Waals surface area contributed by atoms with E-state index in [-0.39, 0.29) is 31.1 Å². The van der Waals surface area contributed by atoms with Crippen LogP contribution in [0.1, 0.15) is 18.1 Å². The Labute approximate surface area is 167 Å². The Kier molecular flexibility index (Phi) is 6.38. The first kappa shape index (κ1) is 20.0. The lowest BCUT2D eigenvalue weighted by molar-refractivity contribution is 0.248. The number of H-pyrrole nitrogens is 1. The predicted octanol–water partition coefficient (Wildman–Crippen LogP) is 3.42. The highest BCUT2D eigenvalue weighted by atomic mass is 32.1. The van der Waals surface area contributed by atoms with Crippen molar-refractivity contribution in [3.05, 3.63) is 75.8 Å². The molecule has 7 heteroatoms. The maximum atomic E-state index is 13.1. The number of aromatic nitrogens is 1. The summed E-state index contributed by atoms with van der Waals surface area (Å²) in [6, 6.07) is 13.6. The van der Waals surface area contributed by atoms with E-state index in [0.717, 1.165) is 17.3 Å². The monoisotopic (exact) mass is 399 g/mol. The van der Waals surface area contributed by atoms with Gasteiger partial charge in [0.2, 0.25) is 0 Å². The molecule has 3 N–H and O–H groups in total. The fraction of sp³-hybridized carbons (Fsp3) is 0.238. The number of pyridine rings is 1. The molecule has 28 heavy (non-hydrogen) atoms. The van der Waals surface area contributed by atoms with Gasteiger partial charge in [-0.15, -0.1) is 0 Å². The van der Waals surface area contributed by atoms with Gasteiger partial charge in [-0.25, -0.2) is 4.39 Å². The first-order valence-corrected chi connectivity index (χ1v) is 9.48. The molecule has 0 atom stereocenters. The third-order valence-corrected chi connectivity index (χ3v) is 4.87. The predicted molar refractivity (Wildman–Crippen MR) is 114 cm³/mol. The number of aliphatic hydroxyl groups excluding tert-OH is 1. The van der Waals surface area contributed by atoms with Crippen LogP contribution in [-0.2, 0) is 13.0 Å². The van der Waals surface area contributed by atoms with Crippen molar-refractivity contribution in [2.45, 2.75) is 19.9 Å². The molecule has 5 nitrogen and oxygen atoms in total. The maximum absolute atomic E-state index is 13.1. The van der Waals surface area contributed by atoms with E-state index in [4.69, 9.17) is 12.2 Å². The summed E-state index contributed by atoms with van der Waals surface area (Å²) in [6.45, 7) is 2.47. The van der Waals surface area contributed by atoms with Crippen LogP contribution in [0.25, 0.3) is 10.9 Å². The van der Waals surface area contributed by atoms with Crippen molar-refractivity contribution in [3.8, 4) is 0 Å². The summed E-state index contributed by atoms with van der Waals surface area (Å²) in [5, 5.41) is 13.7. The lowest BCUT2D eigenvalue weighted by atomic mass is 10.1. The van der Waals surface area contributed by atoms with Crippen molar-refractivity contribution in [2.75, 3.05) is 18.5 Å². The molecule has 1 heterocycles. The number of thiocarbonyl (C=S) groups is 1. The Morgan fingerprint density at radius 2 is 1.96 bits per heavy atom. The molecule has 2 aromatic carbocycles. The summed E-state index contributed by atoms with van der Waals surface area (Å²) in [5.74, 6) is -0.335. The summed E-state index contributed by atoms with van der Waals surface area (Å²) in [6.07, 6.45) is 0.909. The molecule has 0 aliphatic carbocycles. The second-order valence-electron chi connectivity index (χ2n) is 6.48. The first-order chi connectivity index (χ1) is 13.5. The van der Waals surface area contributed by atoms with E-state index in [2.05, 4.69) is 23.3 Å². The van der Waals surface area contributed by atoms with Crippen LogP contribution in [0.4, 0.5) is 10.1 Å². The Bertz CT molecular complexity index is 1030. The lowest BCUT2D eigenvalue weighted by Crippen LogP contribution is -2.37. The van der Waals surface area contributed by atoms with Gasteiger partial charge >= 0.3 is 0 Å². The Morgan fingerprint density at radius 1 is 1.21 bits per heavy atom. The minimum atomic E-state index is -0.335. The van der Waals surface area contributed by atoms with Gasteiger partial charge < -0.3 is 20.3 Å². The Hall–Kier alpha value is -2.77. The molecule has 3 rings (SSSR count). The lowest BCUT2D eigenvalue weighted by Gasteiger charge is -2.25. The largest absolute Gasteiger partial charge is 0.395 e. The van der Waals surface area contributed by atoms with Crippen molar-refractivity contribution in [1.82, 2.24) is 9.88 Å². The number of benzene rings is 2. The highest BCUT2D eigenvalue weighted by molar-refractivity contribution is 7.80. The molecular weight excluding hydrogens is 377 g/mol. The van der Waals surface area contributed by atoms with Crippen LogP contribution in [0, 0.1) is 5.82 Å². The molecular formula is C21H22FN3O2S. The molecule has 0 bridgehead atoms. The average molecular weight is 399 g/mol. The van der Waals surface area contributed by atoms with Gasteiger partial charge in [0, 0.05) is 23.3 Å². The third-order valence-electron chi connectivity index (χ3n) is 4.51. The van der Waals surface area contributed by atoms with E-state index in [9.17, 15) is 14.3 Å². The highest BCUT2D eigenvalue weighted by Crippen LogP contribution is 2.16. The summed E-state index contributed by atoms with van der Waals surface area (Å²) >= 11 is 5.43. The number of halogens is 1. The van der Waals surface area contributed by atoms with E-state index < -0.39 is 0 Å². The van der Waals surface area contributed by atoms with E-state index in [0.29, 0.717) is 16.4 Å². The van der Waals surface area contributed by atoms with Gasteiger partial charge in [-0.2, -0.15) is 0 Å². The van der Waals surface area contributed by atoms with E-state index in [1.165, 1.54) is 17.7 Å². The number of fused-ring (bicyclic) bond motifs is 1. The molecule has 0 saturated heterocycles. The van der Waals surface area contributed by atoms with Crippen molar-refractivity contribution in [1.29, 1.82) is 0 Å². The normalized spacial score (nSPS) is 10.8. The molecule has 3 aromatic rings. The van der Waals surface area contributed by atoms with Gasteiger partial charge in [0.1, 0.15) is 5.82 Å². The minimum Gasteiger partial charge on any atom is -0.395 e. The van der Waals surface area contributed by atoms with E-state index in [1.54, 1.807) is 17.0 Å². The van der Waals surface area contributed by atoms with Crippen LogP contribution in [-0.4, -0.2) is 33.3 Å². The van der Waals surface area contributed by atoms with Gasteiger partial charge in [0.05, 0.1) is 13.2 Å². The minimum absolute atomic E-state index is 0.114. The molecule has 1 aromatic heterocycles. The quantitative estimate of drug-likeness (QED) is 0.554. The zero-order valence-electron chi connectivity index (χ0n) is 15.5. The zero-order chi connectivity index (χ0) is 20.1. The van der Waals surface area contributed by atoms with Gasteiger partial charge in [-0.05, 0) is 72.1 Å². The maximum Gasteiger partial charge on any atom is 0.253 e. The number of aliphatic hydroxyl groups is 1. The van der Waals surface area contributed by atoms with Crippen molar-refractivity contribution in [2.24, 2.45) is 0 Å². The van der Waals surface area contributed by atoms with Crippen LogP contribution in [0.5, 0.6) is 0 Å². The average Bonchev–Trinajstić information content (AvgIpc) is 2.69.